The summed E-state index contributed by atoms with van der Waals surface area (Å²) in [6.07, 6.45) is -0.798. The van der Waals surface area contributed by atoms with Crippen LogP contribution in [0.15, 0.2) is 22.8 Å². The first-order valence-corrected chi connectivity index (χ1v) is 4.91. The molecule has 1 atom stereocenters. The lowest BCUT2D eigenvalue weighted by atomic mass is 10.2. The molecule has 0 saturated heterocycles. The number of aromatic nitrogens is 1. The molecule has 0 bridgehead atoms. The van der Waals surface area contributed by atoms with Gasteiger partial charge in [-0.25, -0.2) is 13.8 Å². The lowest BCUT2D eigenvalue weighted by Crippen LogP contribution is -2.16. The van der Waals surface area contributed by atoms with Crippen molar-refractivity contribution in [1.82, 2.24) is 4.98 Å². The fourth-order valence-corrected chi connectivity index (χ4v) is 0.972. The number of ether oxygens (including phenoxy) is 1. The van der Waals surface area contributed by atoms with Crippen LogP contribution < -0.4 is 4.74 Å². The first kappa shape index (κ1) is 11.4. The first-order valence-electron chi connectivity index (χ1n) is 4.12. The highest BCUT2D eigenvalue weighted by Crippen LogP contribution is 2.14. The van der Waals surface area contributed by atoms with Gasteiger partial charge in [-0.1, -0.05) is 6.92 Å². The molecule has 0 aliphatic carbocycles. The molecule has 5 heteroatoms. The first-order chi connectivity index (χ1) is 6.59. The molecular weight excluding hydrogens is 256 g/mol. The summed E-state index contributed by atoms with van der Waals surface area (Å²) in [4.78, 5) is 3.90. The summed E-state index contributed by atoms with van der Waals surface area (Å²) in [5.41, 5.74) is 0. The van der Waals surface area contributed by atoms with Crippen molar-refractivity contribution in [2.45, 2.75) is 13.3 Å². The molecule has 1 rings (SSSR count). The summed E-state index contributed by atoms with van der Waals surface area (Å²) < 4.78 is 30.1. The lowest BCUT2D eigenvalue weighted by Gasteiger charge is -2.10. The van der Waals surface area contributed by atoms with Gasteiger partial charge in [-0.05, 0) is 22.0 Å². The molecule has 0 saturated carbocycles. The van der Waals surface area contributed by atoms with Crippen molar-refractivity contribution in [2.24, 2.45) is 5.92 Å². The number of halogens is 3. The Bertz CT molecular complexity index is 279. The number of nitrogens with zero attached hydrogens (tertiary/aromatic N) is 1. The second-order valence-corrected chi connectivity index (χ2v) is 3.85. The van der Waals surface area contributed by atoms with Crippen molar-refractivity contribution in [3.05, 3.63) is 22.8 Å². The van der Waals surface area contributed by atoms with E-state index in [9.17, 15) is 8.78 Å². The molecule has 0 aliphatic heterocycles. The molecule has 2 nitrogen and oxygen atoms in total. The minimum atomic E-state index is -2.36. The van der Waals surface area contributed by atoms with Crippen LogP contribution in [0.5, 0.6) is 5.88 Å². The second kappa shape index (κ2) is 5.24. The zero-order chi connectivity index (χ0) is 10.6. The van der Waals surface area contributed by atoms with Gasteiger partial charge >= 0.3 is 0 Å². The molecule has 1 heterocycles. The average Bonchev–Trinajstić information content (AvgIpc) is 2.16. The molecule has 0 fully saturated rings. The summed E-state index contributed by atoms with van der Waals surface area (Å²) in [5.74, 6) is -0.416. The smallest absolute Gasteiger partial charge is 0.244 e. The maximum Gasteiger partial charge on any atom is 0.244 e. The molecule has 0 amide bonds. The van der Waals surface area contributed by atoms with Gasteiger partial charge in [-0.3, -0.25) is 0 Å². The van der Waals surface area contributed by atoms with Crippen molar-refractivity contribution in [3.63, 3.8) is 0 Å². The van der Waals surface area contributed by atoms with Gasteiger partial charge in [0.15, 0.2) is 0 Å². The van der Waals surface area contributed by atoms with Crippen LogP contribution >= 0.6 is 15.9 Å². The average molecular weight is 266 g/mol. The number of alkyl halides is 2. The third kappa shape index (κ3) is 3.57. The molecule has 1 aromatic rings. The number of rotatable bonds is 4. The summed E-state index contributed by atoms with van der Waals surface area (Å²) in [6.45, 7) is 1.41. The highest BCUT2D eigenvalue weighted by Gasteiger charge is 2.15. The van der Waals surface area contributed by atoms with Gasteiger partial charge in [0, 0.05) is 16.7 Å². The third-order valence-electron chi connectivity index (χ3n) is 1.62. The Labute approximate surface area is 89.4 Å². The molecule has 14 heavy (non-hydrogen) atoms. The standard InChI is InChI=1S/C9H10BrF2NO/c1-6(9(11)12)5-14-8-3-2-7(10)4-13-8/h2-4,6,9H,5H2,1H3. The summed E-state index contributed by atoms with van der Waals surface area (Å²) in [7, 11) is 0. The van der Waals surface area contributed by atoms with Crippen LogP contribution in [0.3, 0.4) is 0 Å². The Morgan fingerprint density at radius 1 is 1.50 bits per heavy atom. The van der Waals surface area contributed by atoms with E-state index in [0.717, 1.165) is 4.47 Å². The van der Waals surface area contributed by atoms with E-state index >= 15 is 0 Å². The fourth-order valence-electron chi connectivity index (χ4n) is 0.737. The maximum atomic E-state index is 12.1. The maximum absolute atomic E-state index is 12.1. The van der Waals surface area contributed by atoms with E-state index in [1.54, 1.807) is 18.3 Å². The molecule has 0 N–H and O–H groups in total. The van der Waals surface area contributed by atoms with E-state index in [1.807, 2.05) is 0 Å². The molecule has 0 radical (unpaired) electrons. The molecule has 0 aromatic carbocycles. The quantitative estimate of drug-likeness (QED) is 0.835. The predicted octanol–water partition coefficient (Wildman–Crippen LogP) is 3.12. The van der Waals surface area contributed by atoms with Crippen molar-refractivity contribution in [3.8, 4) is 5.88 Å². The fraction of sp³-hybridized carbons (Fsp3) is 0.444. The van der Waals surface area contributed by atoms with Crippen LogP contribution in [0, 0.1) is 5.92 Å². The number of hydrogen-bond donors (Lipinski definition) is 0. The molecular formula is C9H10BrF2NO. The number of hydrogen-bond acceptors (Lipinski definition) is 2. The largest absolute Gasteiger partial charge is 0.477 e. The third-order valence-corrected chi connectivity index (χ3v) is 2.09. The Kier molecular flexibility index (Phi) is 4.25. The van der Waals surface area contributed by atoms with E-state index in [1.165, 1.54) is 6.92 Å². The summed E-state index contributed by atoms with van der Waals surface area (Å²) in [5, 5.41) is 0. The van der Waals surface area contributed by atoms with Gasteiger partial charge in [0.2, 0.25) is 12.3 Å². The van der Waals surface area contributed by atoms with Crippen LogP contribution in [0.1, 0.15) is 6.92 Å². The summed E-state index contributed by atoms with van der Waals surface area (Å²) >= 11 is 3.21. The Hall–Kier alpha value is -0.710. The van der Waals surface area contributed by atoms with Crippen LogP contribution in [0.2, 0.25) is 0 Å². The molecule has 1 unspecified atom stereocenters. The molecule has 78 valence electrons. The lowest BCUT2D eigenvalue weighted by molar-refractivity contribution is 0.0568. The minimum absolute atomic E-state index is 0.0215. The van der Waals surface area contributed by atoms with Crippen molar-refractivity contribution < 1.29 is 13.5 Å². The Morgan fingerprint density at radius 2 is 2.21 bits per heavy atom. The van der Waals surface area contributed by atoms with Gasteiger partial charge in [0.1, 0.15) is 0 Å². The Balaban J connectivity index is 2.42. The van der Waals surface area contributed by atoms with Crippen molar-refractivity contribution in [1.29, 1.82) is 0 Å². The van der Waals surface area contributed by atoms with Crippen molar-refractivity contribution in [2.75, 3.05) is 6.61 Å². The van der Waals surface area contributed by atoms with Gasteiger partial charge < -0.3 is 4.74 Å². The monoisotopic (exact) mass is 265 g/mol. The highest BCUT2D eigenvalue weighted by molar-refractivity contribution is 9.10. The second-order valence-electron chi connectivity index (χ2n) is 2.94. The van der Waals surface area contributed by atoms with Gasteiger partial charge in [-0.2, -0.15) is 0 Å². The van der Waals surface area contributed by atoms with Gasteiger partial charge in [0.05, 0.1) is 12.5 Å². The summed E-state index contributed by atoms with van der Waals surface area (Å²) in [6, 6.07) is 3.37. The van der Waals surface area contributed by atoms with Crippen LogP contribution in [0.4, 0.5) is 8.78 Å². The number of pyridine rings is 1. The molecule has 0 spiro atoms. The SMILES string of the molecule is CC(COc1ccc(Br)cn1)C(F)F. The van der Waals surface area contributed by atoms with Crippen LogP contribution in [-0.2, 0) is 0 Å². The zero-order valence-corrected chi connectivity index (χ0v) is 9.17. The van der Waals surface area contributed by atoms with Gasteiger partial charge in [0.25, 0.3) is 0 Å². The van der Waals surface area contributed by atoms with E-state index < -0.39 is 12.3 Å². The minimum Gasteiger partial charge on any atom is -0.477 e. The molecule has 1 aromatic heterocycles. The van der Waals surface area contributed by atoms with E-state index in [2.05, 4.69) is 20.9 Å². The van der Waals surface area contributed by atoms with E-state index in [4.69, 9.17) is 4.74 Å². The van der Waals surface area contributed by atoms with Crippen molar-refractivity contribution >= 4 is 15.9 Å². The highest BCUT2D eigenvalue weighted by atomic mass is 79.9. The normalized spacial score (nSPS) is 12.9. The Morgan fingerprint density at radius 3 is 2.71 bits per heavy atom. The zero-order valence-electron chi connectivity index (χ0n) is 7.58. The van der Waals surface area contributed by atoms with Crippen LogP contribution in [0.25, 0.3) is 0 Å². The van der Waals surface area contributed by atoms with E-state index in [0.29, 0.717) is 5.88 Å². The molecule has 0 aliphatic rings. The topological polar surface area (TPSA) is 22.1 Å². The van der Waals surface area contributed by atoms with Crippen LogP contribution in [-0.4, -0.2) is 18.0 Å². The van der Waals surface area contributed by atoms with Gasteiger partial charge in [-0.15, -0.1) is 0 Å². The van der Waals surface area contributed by atoms with E-state index in [-0.39, 0.29) is 6.61 Å². The predicted molar refractivity (Wildman–Crippen MR) is 52.6 cm³/mol.